The molecule has 0 bridgehead atoms. The van der Waals surface area contributed by atoms with Crippen molar-refractivity contribution in [1.29, 1.82) is 0 Å². The van der Waals surface area contributed by atoms with Crippen LogP contribution >= 0.6 is 0 Å². The summed E-state index contributed by atoms with van der Waals surface area (Å²) in [5.74, 6) is -2.54. The van der Waals surface area contributed by atoms with Crippen LogP contribution in [0.15, 0.2) is 12.5 Å². The highest BCUT2D eigenvalue weighted by atomic mass is 16.5. The van der Waals surface area contributed by atoms with Crippen LogP contribution in [0, 0.1) is 0 Å². The van der Waals surface area contributed by atoms with Crippen molar-refractivity contribution in [3.63, 3.8) is 0 Å². The molecule has 0 fully saturated rings. The molecular weight excluding hydrogens is 294 g/mol. The number of carboxylic acids is 1. The standard InChI is InChI=1S/C12H15N5O5/c1-22-10(9-5-14-6-15-9)11(19)17-8(12(20)21)3-2-7(18)4-16-13/h4-6,8,10H,2-3H2,1H3,(H,14,15)(H,17,19)(H,20,21)/t8-,10-/m0/s1. The monoisotopic (exact) mass is 309 g/mol. The Morgan fingerprint density at radius 2 is 2.32 bits per heavy atom. The van der Waals surface area contributed by atoms with Gasteiger partial charge in [0.2, 0.25) is 5.78 Å². The maximum atomic E-state index is 12.1. The summed E-state index contributed by atoms with van der Waals surface area (Å²) in [7, 11) is 1.29. The van der Waals surface area contributed by atoms with Gasteiger partial charge in [-0.05, 0) is 6.42 Å². The number of hydrogen-bond donors (Lipinski definition) is 3. The molecule has 10 nitrogen and oxygen atoms in total. The summed E-state index contributed by atoms with van der Waals surface area (Å²) in [5, 5.41) is 11.4. The number of H-pyrrole nitrogens is 1. The molecule has 1 rings (SSSR count). The molecular formula is C12H15N5O5. The molecule has 0 saturated carbocycles. The van der Waals surface area contributed by atoms with Crippen LogP contribution in [0.1, 0.15) is 24.6 Å². The van der Waals surface area contributed by atoms with E-state index >= 15 is 0 Å². The lowest BCUT2D eigenvalue weighted by molar-refractivity contribution is -0.144. The lowest BCUT2D eigenvalue weighted by Gasteiger charge is -2.17. The van der Waals surface area contributed by atoms with Crippen LogP contribution in [0.2, 0.25) is 0 Å². The third-order valence-electron chi connectivity index (χ3n) is 2.76. The normalized spacial score (nSPS) is 12.8. The molecule has 3 N–H and O–H groups in total. The van der Waals surface area contributed by atoms with Gasteiger partial charge in [-0.3, -0.25) is 9.59 Å². The zero-order valence-corrected chi connectivity index (χ0v) is 11.7. The van der Waals surface area contributed by atoms with E-state index in [0.29, 0.717) is 11.9 Å². The second kappa shape index (κ2) is 8.45. The minimum Gasteiger partial charge on any atom is -0.480 e. The van der Waals surface area contributed by atoms with Crippen LogP contribution in [-0.4, -0.2) is 56.9 Å². The van der Waals surface area contributed by atoms with Crippen LogP contribution in [0.3, 0.4) is 0 Å². The predicted molar refractivity (Wildman–Crippen MR) is 71.8 cm³/mol. The number of nitrogens with zero attached hydrogens (tertiary/aromatic N) is 3. The van der Waals surface area contributed by atoms with Crippen molar-refractivity contribution in [2.75, 3.05) is 7.11 Å². The molecule has 1 heterocycles. The zero-order valence-electron chi connectivity index (χ0n) is 11.7. The van der Waals surface area contributed by atoms with E-state index in [9.17, 15) is 14.4 Å². The van der Waals surface area contributed by atoms with Crippen LogP contribution in [0.25, 0.3) is 5.53 Å². The van der Waals surface area contributed by atoms with Crippen LogP contribution in [-0.2, 0) is 19.1 Å². The van der Waals surface area contributed by atoms with Crippen molar-refractivity contribution in [3.8, 4) is 0 Å². The number of Topliss-reactive ketones (excluding diaryl/α,β-unsaturated/α-hetero) is 1. The van der Waals surface area contributed by atoms with Gasteiger partial charge in [-0.2, -0.15) is 4.79 Å². The number of ketones is 1. The molecule has 10 heteroatoms. The minimum absolute atomic E-state index is 0.150. The number of nitrogens with one attached hydrogen (secondary N) is 2. The summed E-state index contributed by atoms with van der Waals surface area (Å²) in [6.07, 6.45) is 2.07. The van der Waals surface area contributed by atoms with Crippen molar-refractivity contribution in [2.45, 2.75) is 25.0 Å². The SMILES string of the molecule is CO[C@H](C(=O)N[C@@H](CCC(=O)C=[N+]=[N-])C(=O)O)c1c[nH]cn1. The van der Waals surface area contributed by atoms with Crippen molar-refractivity contribution < 1.29 is 29.0 Å². The number of aliphatic carboxylic acids is 1. The van der Waals surface area contributed by atoms with Gasteiger partial charge in [-0.25, -0.2) is 9.78 Å². The van der Waals surface area contributed by atoms with Crippen molar-refractivity contribution in [1.82, 2.24) is 15.3 Å². The van der Waals surface area contributed by atoms with Gasteiger partial charge in [0.25, 0.3) is 5.91 Å². The molecule has 2 atom stereocenters. The molecule has 118 valence electrons. The molecule has 22 heavy (non-hydrogen) atoms. The number of hydrogen-bond acceptors (Lipinski definition) is 5. The molecule has 1 aromatic rings. The summed E-state index contributed by atoms with van der Waals surface area (Å²) in [6.45, 7) is 0. The fourth-order valence-corrected chi connectivity index (χ4v) is 1.70. The van der Waals surface area contributed by atoms with Gasteiger partial charge in [0, 0.05) is 19.7 Å². The Morgan fingerprint density at radius 1 is 1.59 bits per heavy atom. The molecule has 0 saturated heterocycles. The van der Waals surface area contributed by atoms with Crippen molar-refractivity contribution in [2.24, 2.45) is 0 Å². The maximum Gasteiger partial charge on any atom is 0.326 e. The van der Waals surface area contributed by atoms with Crippen molar-refractivity contribution in [3.05, 3.63) is 23.7 Å². The van der Waals surface area contributed by atoms with E-state index < -0.39 is 29.8 Å². The Balaban J connectivity index is 2.69. The maximum absolute atomic E-state index is 12.1. The Kier molecular flexibility index (Phi) is 6.61. The zero-order chi connectivity index (χ0) is 16.5. The van der Waals surface area contributed by atoms with Crippen LogP contribution < -0.4 is 5.32 Å². The van der Waals surface area contributed by atoms with Gasteiger partial charge in [0.1, 0.15) is 6.04 Å². The highest BCUT2D eigenvalue weighted by molar-refractivity contribution is 6.25. The second-order valence-corrected chi connectivity index (χ2v) is 4.26. The van der Waals surface area contributed by atoms with E-state index in [-0.39, 0.29) is 12.8 Å². The number of aromatic amines is 1. The predicted octanol–water partition coefficient (Wildman–Crippen LogP) is -0.683. The summed E-state index contributed by atoms with van der Waals surface area (Å²) < 4.78 is 4.99. The number of carboxylic acid groups (broad SMARTS) is 1. The van der Waals surface area contributed by atoms with Crippen LogP contribution in [0.4, 0.5) is 0 Å². The summed E-state index contributed by atoms with van der Waals surface area (Å²) in [5.41, 5.74) is 8.50. The number of amides is 1. The lowest BCUT2D eigenvalue weighted by Crippen LogP contribution is -2.43. The van der Waals surface area contributed by atoms with Gasteiger partial charge in [-0.1, -0.05) is 0 Å². The molecule has 1 amide bonds. The first kappa shape index (κ1) is 17.2. The molecule has 0 unspecified atom stereocenters. The minimum atomic E-state index is -1.29. The number of aromatic nitrogens is 2. The average Bonchev–Trinajstić information content (AvgIpc) is 2.98. The number of carbonyl (C=O) groups excluding carboxylic acids is 2. The van der Waals surface area contributed by atoms with Crippen molar-refractivity contribution >= 4 is 23.9 Å². The second-order valence-electron chi connectivity index (χ2n) is 4.26. The number of ether oxygens (including phenoxy) is 1. The Morgan fingerprint density at radius 3 is 2.82 bits per heavy atom. The molecule has 0 radical (unpaired) electrons. The molecule has 0 aliphatic carbocycles. The van der Waals surface area contributed by atoms with E-state index in [2.05, 4.69) is 20.1 Å². The van der Waals surface area contributed by atoms with Gasteiger partial charge in [0.05, 0.1) is 12.0 Å². The lowest BCUT2D eigenvalue weighted by atomic mass is 10.1. The number of imidazole rings is 1. The number of rotatable bonds is 9. The molecule has 0 aliphatic rings. The Hall–Kier alpha value is -2.84. The third kappa shape index (κ3) is 4.93. The first-order chi connectivity index (χ1) is 10.5. The van der Waals surface area contributed by atoms with E-state index in [4.69, 9.17) is 15.4 Å². The summed E-state index contributed by atoms with van der Waals surface area (Å²) in [4.78, 5) is 43.4. The highest BCUT2D eigenvalue weighted by Gasteiger charge is 2.27. The molecule has 1 aromatic heterocycles. The van der Waals surface area contributed by atoms with Gasteiger partial charge in [-0.15, -0.1) is 0 Å². The van der Waals surface area contributed by atoms with E-state index in [1.165, 1.54) is 19.6 Å². The largest absolute Gasteiger partial charge is 0.480 e. The number of carbonyl (C=O) groups is 3. The Labute approximate surface area is 125 Å². The van der Waals surface area contributed by atoms with Gasteiger partial charge < -0.3 is 25.7 Å². The van der Waals surface area contributed by atoms with E-state index in [1.807, 2.05) is 0 Å². The van der Waals surface area contributed by atoms with E-state index in [0.717, 1.165) is 0 Å². The third-order valence-corrected chi connectivity index (χ3v) is 2.76. The quantitative estimate of drug-likeness (QED) is 0.311. The molecule has 0 aromatic carbocycles. The highest BCUT2D eigenvalue weighted by Crippen LogP contribution is 2.14. The smallest absolute Gasteiger partial charge is 0.326 e. The summed E-state index contributed by atoms with van der Waals surface area (Å²) >= 11 is 0. The molecule has 0 spiro atoms. The van der Waals surface area contributed by atoms with E-state index in [1.54, 1.807) is 0 Å². The first-order valence-electron chi connectivity index (χ1n) is 6.24. The van der Waals surface area contributed by atoms with Gasteiger partial charge in [0.15, 0.2) is 6.10 Å². The fourth-order valence-electron chi connectivity index (χ4n) is 1.70. The first-order valence-corrected chi connectivity index (χ1v) is 6.24. The van der Waals surface area contributed by atoms with Gasteiger partial charge >= 0.3 is 12.2 Å². The topological polar surface area (TPSA) is 158 Å². The Bertz CT molecular complexity index is 579. The fraction of sp³-hybridized carbons (Fsp3) is 0.417. The molecule has 0 aliphatic heterocycles. The average molecular weight is 309 g/mol. The van der Waals surface area contributed by atoms with Crippen LogP contribution in [0.5, 0.6) is 0 Å². The number of methoxy groups -OCH3 is 1. The summed E-state index contributed by atoms with van der Waals surface area (Å²) in [6, 6.07) is -1.28.